The van der Waals surface area contributed by atoms with Gasteiger partial charge in [0.2, 0.25) is 5.91 Å². The minimum absolute atomic E-state index is 0.0752. The molecule has 2 amide bonds. The number of fused-ring (bicyclic) bond motifs is 1. The molecule has 0 aromatic heterocycles. The van der Waals surface area contributed by atoms with Gasteiger partial charge in [0.25, 0.3) is 5.91 Å². The predicted molar refractivity (Wildman–Crippen MR) is 161 cm³/mol. The highest BCUT2D eigenvalue weighted by molar-refractivity contribution is 6.36. The highest BCUT2D eigenvalue weighted by atomic mass is 35.5. The van der Waals surface area contributed by atoms with Crippen molar-refractivity contribution in [1.29, 1.82) is 0 Å². The lowest BCUT2D eigenvalue weighted by molar-refractivity contribution is -0.143. The molecular weight excluding hydrogens is 543 g/mol. The molecule has 1 fully saturated rings. The van der Waals surface area contributed by atoms with Gasteiger partial charge in [0.05, 0.1) is 0 Å². The van der Waals surface area contributed by atoms with Crippen LogP contribution in [0.15, 0.2) is 91.0 Å². The van der Waals surface area contributed by atoms with Gasteiger partial charge in [0, 0.05) is 40.0 Å². The van der Waals surface area contributed by atoms with Crippen LogP contribution in [0.2, 0.25) is 10.0 Å². The number of nitrogens with zero attached hydrogens (tertiary/aromatic N) is 1. The SMILES string of the molecule is O=C(NC1CCCC1)[C@H](Cc1ccccc1)N(Cc1c(Cl)cccc1Cl)C(=O)COc1cccc2ccccc12. The van der Waals surface area contributed by atoms with Gasteiger partial charge in [-0.15, -0.1) is 0 Å². The summed E-state index contributed by atoms with van der Waals surface area (Å²) >= 11 is 13.1. The Hall–Kier alpha value is -3.54. The molecule has 0 aliphatic heterocycles. The van der Waals surface area contributed by atoms with E-state index in [-0.39, 0.29) is 31.0 Å². The summed E-state index contributed by atoms with van der Waals surface area (Å²) in [7, 11) is 0. The third kappa shape index (κ3) is 6.78. The normalized spacial score (nSPS) is 14.2. The standard InChI is InChI=1S/C33H32Cl2N2O3/c34-28-17-9-18-29(35)27(28)21-37(32(38)22-40-31-19-8-13-24-12-4-7-16-26(24)31)30(20-23-10-2-1-3-11-23)33(39)36-25-14-5-6-15-25/h1-4,7-13,16-19,25,30H,5-6,14-15,20-22H2,(H,36,39)/t30-/m0/s1. The minimum atomic E-state index is -0.779. The third-order valence-corrected chi connectivity index (χ3v) is 8.17. The van der Waals surface area contributed by atoms with Crippen LogP contribution in [0.4, 0.5) is 0 Å². The first kappa shape index (κ1) is 28.0. The Balaban J connectivity index is 1.47. The number of nitrogens with one attached hydrogen (secondary N) is 1. The fourth-order valence-corrected chi connectivity index (χ4v) is 5.84. The van der Waals surface area contributed by atoms with Gasteiger partial charge in [-0.1, -0.05) is 109 Å². The van der Waals surface area contributed by atoms with Crippen molar-refractivity contribution in [2.45, 2.75) is 50.7 Å². The topological polar surface area (TPSA) is 58.6 Å². The molecule has 5 nitrogen and oxygen atoms in total. The molecule has 4 aromatic rings. The van der Waals surface area contributed by atoms with Crippen LogP contribution in [-0.4, -0.2) is 35.4 Å². The average Bonchev–Trinajstić information content (AvgIpc) is 3.48. The molecule has 40 heavy (non-hydrogen) atoms. The summed E-state index contributed by atoms with van der Waals surface area (Å²) in [6.07, 6.45) is 4.41. The van der Waals surface area contributed by atoms with Crippen LogP contribution in [0, 0.1) is 0 Å². The van der Waals surface area contributed by atoms with Crippen LogP contribution < -0.4 is 10.1 Å². The Kier molecular flexibility index (Phi) is 9.25. The van der Waals surface area contributed by atoms with Gasteiger partial charge in [0.15, 0.2) is 6.61 Å². The highest BCUT2D eigenvalue weighted by Crippen LogP contribution is 2.29. The lowest BCUT2D eigenvalue weighted by atomic mass is 10.0. The number of carbonyl (C=O) groups excluding carboxylic acids is 2. The zero-order valence-electron chi connectivity index (χ0n) is 22.2. The average molecular weight is 576 g/mol. The molecule has 1 aliphatic rings. The van der Waals surface area contributed by atoms with Gasteiger partial charge in [-0.2, -0.15) is 0 Å². The Morgan fingerprint density at radius 1 is 0.850 bits per heavy atom. The van der Waals surface area contributed by atoms with Crippen molar-refractivity contribution < 1.29 is 14.3 Å². The molecule has 206 valence electrons. The molecule has 1 saturated carbocycles. The van der Waals surface area contributed by atoms with Crippen LogP contribution in [-0.2, 0) is 22.6 Å². The van der Waals surface area contributed by atoms with E-state index in [0.29, 0.717) is 27.8 Å². The number of halogens is 2. The second-order valence-corrected chi connectivity index (χ2v) is 11.0. The Morgan fingerprint density at radius 3 is 2.25 bits per heavy atom. The summed E-state index contributed by atoms with van der Waals surface area (Å²) in [5.41, 5.74) is 1.54. The van der Waals surface area contributed by atoms with E-state index in [1.165, 1.54) is 0 Å². The van der Waals surface area contributed by atoms with Crippen LogP contribution >= 0.6 is 23.2 Å². The molecule has 0 bridgehead atoms. The molecule has 1 aliphatic carbocycles. The minimum Gasteiger partial charge on any atom is -0.483 e. The zero-order chi connectivity index (χ0) is 27.9. The Morgan fingerprint density at radius 2 is 1.50 bits per heavy atom. The molecule has 0 unspecified atom stereocenters. The number of amides is 2. The molecule has 0 saturated heterocycles. The van der Waals surface area contributed by atoms with Crippen molar-refractivity contribution >= 4 is 45.8 Å². The first-order chi connectivity index (χ1) is 19.5. The van der Waals surface area contributed by atoms with Gasteiger partial charge in [0.1, 0.15) is 11.8 Å². The molecule has 0 radical (unpaired) electrons. The number of hydrogen-bond acceptors (Lipinski definition) is 3. The highest BCUT2D eigenvalue weighted by Gasteiger charge is 2.33. The van der Waals surface area contributed by atoms with Crippen molar-refractivity contribution in [3.05, 3.63) is 112 Å². The molecule has 5 rings (SSSR count). The van der Waals surface area contributed by atoms with E-state index < -0.39 is 6.04 Å². The van der Waals surface area contributed by atoms with Gasteiger partial charge >= 0.3 is 0 Å². The number of ether oxygens (including phenoxy) is 1. The predicted octanol–water partition coefficient (Wildman–Crippen LogP) is 7.22. The van der Waals surface area contributed by atoms with Crippen molar-refractivity contribution in [2.75, 3.05) is 6.61 Å². The Labute approximate surface area is 245 Å². The van der Waals surface area contributed by atoms with Crippen molar-refractivity contribution in [3.63, 3.8) is 0 Å². The summed E-state index contributed by atoms with van der Waals surface area (Å²) < 4.78 is 6.08. The van der Waals surface area contributed by atoms with Crippen LogP contribution in [0.1, 0.15) is 36.8 Å². The molecule has 4 aromatic carbocycles. The van der Waals surface area contributed by atoms with Crippen molar-refractivity contribution in [1.82, 2.24) is 10.2 Å². The number of carbonyl (C=O) groups is 2. The quantitative estimate of drug-likeness (QED) is 0.217. The first-order valence-electron chi connectivity index (χ1n) is 13.7. The lowest BCUT2D eigenvalue weighted by Gasteiger charge is -2.32. The second-order valence-electron chi connectivity index (χ2n) is 10.2. The monoisotopic (exact) mass is 574 g/mol. The van der Waals surface area contributed by atoms with Crippen LogP contribution in [0.3, 0.4) is 0 Å². The van der Waals surface area contributed by atoms with Crippen LogP contribution in [0.25, 0.3) is 10.8 Å². The molecular formula is C33H32Cl2N2O3. The van der Waals surface area contributed by atoms with Gasteiger partial charge in [-0.3, -0.25) is 9.59 Å². The summed E-state index contributed by atoms with van der Waals surface area (Å²) in [5.74, 6) is 0.0982. The molecule has 7 heteroatoms. The van der Waals surface area contributed by atoms with E-state index in [9.17, 15) is 9.59 Å². The van der Waals surface area contributed by atoms with E-state index >= 15 is 0 Å². The fraction of sp³-hybridized carbons (Fsp3) is 0.273. The fourth-order valence-electron chi connectivity index (χ4n) is 5.32. The second kappa shape index (κ2) is 13.2. The first-order valence-corrected chi connectivity index (χ1v) is 14.4. The van der Waals surface area contributed by atoms with Crippen molar-refractivity contribution in [2.24, 2.45) is 0 Å². The summed E-state index contributed by atoms with van der Waals surface area (Å²) in [6.45, 7) is -0.163. The van der Waals surface area contributed by atoms with Gasteiger partial charge in [-0.25, -0.2) is 0 Å². The molecule has 0 spiro atoms. The summed E-state index contributed by atoms with van der Waals surface area (Å²) in [4.78, 5) is 29.4. The number of rotatable bonds is 10. The smallest absolute Gasteiger partial charge is 0.261 e. The largest absolute Gasteiger partial charge is 0.483 e. The van der Waals surface area contributed by atoms with Crippen LogP contribution in [0.5, 0.6) is 5.75 Å². The maximum absolute atomic E-state index is 14.0. The third-order valence-electron chi connectivity index (χ3n) is 7.46. The van der Waals surface area contributed by atoms with E-state index in [4.69, 9.17) is 27.9 Å². The number of benzene rings is 4. The van der Waals surface area contributed by atoms with Gasteiger partial charge in [-0.05, 0) is 42.0 Å². The van der Waals surface area contributed by atoms with E-state index in [0.717, 1.165) is 42.0 Å². The maximum atomic E-state index is 14.0. The zero-order valence-corrected chi connectivity index (χ0v) is 23.7. The summed E-state index contributed by atoms with van der Waals surface area (Å²) in [6, 6.07) is 27.9. The molecule has 1 atom stereocenters. The summed E-state index contributed by atoms with van der Waals surface area (Å²) in [5, 5.41) is 6.02. The maximum Gasteiger partial charge on any atom is 0.261 e. The van der Waals surface area contributed by atoms with Gasteiger partial charge < -0.3 is 15.0 Å². The van der Waals surface area contributed by atoms with E-state index in [1.54, 1.807) is 23.1 Å². The molecule has 0 heterocycles. The Bertz CT molecular complexity index is 1450. The number of hydrogen-bond donors (Lipinski definition) is 1. The van der Waals surface area contributed by atoms with Crippen molar-refractivity contribution in [3.8, 4) is 5.75 Å². The lowest BCUT2D eigenvalue weighted by Crippen LogP contribution is -2.53. The van der Waals surface area contributed by atoms with E-state index in [1.807, 2.05) is 72.8 Å². The molecule has 1 N–H and O–H groups in total. The van der Waals surface area contributed by atoms with E-state index in [2.05, 4.69) is 5.32 Å².